The van der Waals surface area contributed by atoms with Crippen molar-refractivity contribution in [2.24, 2.45) is 0 Å². The Morgan fingerprint density at radius 3 is 2.42 bits per heavy atom. The third-order valence-corrected chi connectivity index (χ3v) is 3.92. The van der Waals surface area contributed by atoms with Crippen LogP contribution in [0.25, 0.3) is 11.0 Å². The van der Waals surface area contributed by atoms with Gasteiger partial charge in [0.1, 0.15) is 23.6 Å². The number of rotatable bonds is 4. The van der Waals surface area contributed by atoms with Gasteiger partial charge in [0.15, 0.2) is 5.65 Å². The first-order chi connectivity index (χ1) is 11.4. The van der Waals surface area contributed by atoms with E-state index >= 15 is 0 Å². The van der Waals surface area contributed by atoms with Crippen molar-refractivity contribution in [1.29, 1.82) is 0 Å². The van der Waals surface area contributed by atoms with Gasteiger partial charge in [0.2, 0.25) is 0 Å². The van der Waals surface area contributed by atoms with Gasteiger partial charge >= 0.3 is 0 Å². The molecule has 0 saturated heterocycles. The number of halogens is 3. The minimum atomic E-state index is -2.54. The third-order valence-electron chi connectivity index (χ3n) is 3.92. The first kappa shape index (κ1) is 16.2. The molecule has 0 aliphatic heterocycles. The molecule has 8 heteroatoms. The quantitative estimate of drug-likeness (QED) is 0.794. The largest absolute Gasteiger partial charge is 0.310 e. The lowest BCUT2D eigenvalue weighted by Gasteiger charge is -2.14. The number of aryl methyl sites for hydroxylation is 1. The molecule has 1 aromatic carbocycles. The topological polar surface area (TPSA) is 63.6 Å². The highest BCUT2D eigenvalue weighted by molar-refractivity contribution is 5.77. The molecule has 0 bridgehead atoms. The number of nitrogens with zero attached hydrogens (tertiary/aromatic N) is 3. The summed E-state index contributed by atoms with van der Waals surface area (Å²) >= 11 is 0. The number of hydrogen-bond donors (Lipinski definition) is 1. The van der Waals surface area contributed by atoms with Crippen LogP contribution >= 0.6 is 0 Å². The second kappa shape index (κ2) is 6.10. The summed E-state index contributed by atoms with van der Waals surface area (Å²) in [5.41, 5.74) is 0.459. The normalized spacial score (nSPS) is 12.9. The van der Waals surface area contributed by atoms with Gasteiger partial charge in [-0.25, -0.2) is 22.8 Å². The summed E-state index contributed by atoms with van der Waals surface area (Å²) in [5.74, 6) is 0.388. The first-order valence-electron chi connectivity index (χ1n) is 7.34. The first-order valence-corrected chi connectivity index (χ1v) is 7.34. The van der Waals surface area contributed by atoms with E-state index in [0.29, 0.717) is 11.4 Å². The molecule has 1 atom stereocenters. The number of aromatic amines is 1. The molecule has 0 aliphatic carbocycles. The van der Waals surface area contributed by atoms with E-state index in [9.17, 15) is 18.0 Å². The summed E-state index contributed by atoms with van der Waals surface area (Å²) in [4.78, 5) is 18.9. The van der Waals surface area contributed by atoms with Crippen LogP contribution in [0.2, 0.25) is 0 Å². The van der Waals surface area contributed by atoms with Gasteiger partial charge < -0.3 is 4.98 Å². The molecule has 0 fully saturated rings. The predicted molar refractivity (Wildman–Crippen MR) is 82.9 cm³/mol. The molecular formula is C16H15F3N4O. The van der Waals surface area contributed by atoms with Crippen molar-refractivity contribution < 1.29 is 13.2 Å². The molecule has 126 valence electrons. The van der Waals surface area contributed by atoms with Crippen molar-refractivity contribution in [3.63, 3.8) is 0 Å². The standard InChI is InChI=1S/C16H15F3N4O/c1-8(10-3-5-11(6-4-10)14(18)19)23-15-13(12(7-17)22-23)16(24)21-9(2)20-15/h3-6,8,14H,7H2,1-2H3,(H,20,21,24). The van der Waals surface area contributed by atoms with Gasteiger partial charge in [0.05, 0.1) is 6.04 Å². The van der Waals surface area contributed by atoms with E-state index in [1.807, 2.05) is 0 Å². The van der Waals surface area contributed by atoms with Gasteiger partial charge in [-0.1, -0.05) is 24.3 Å². The minimum absolute atomic E-state index is 0.00907. The minimum Gasteiger partial charge on any atom is -0.310 e. The average molecular weight is 336 g/mol. The van der Waals surface area contributed by atoms with Gasteiger partial charge in [-0.15, -0.1) is 0 Å². The summed E-state index contributed by atoms with van der Waals surface area (Å²) in [6, 6.07) is 5.41. The molecule has 24 heavy (non-hydrogen) atoms. The number of aromatic nitrogens is 4. The highest BCUT2D eigenvalue weighted by atomic mass is 19.3. The lowest BCUT2D eigenvalue weighted by molar-refractivity contribution is 0.151. The van der Waals surface area contributed by atoms with Crippen LogP contribution in [-0.2, 0) is 6.67 Å². The molecule has 1 unspecified atom stereocenters. The second-order valence-electron chi connectivity index (χ2n) is 5.52. The Bertz CT molecular complexity index is 931. The van der Waals surface area contributed by atoms with Crippen LogP contribution in [0.15, 0.2) is 29.1 Å². The summed E-state index contributed by atoms with van der Waals surface area (Å²) in [6.45, 7) is 2.51. The van der Waals surface area contributed by atoms with Gasteiger partial charge in [-0.3, -0.25) is 4.79 Å². The van der Waals surface area contributed by atoms with Crippen molar-refractivity contribution in [3.8, 4) is 0 Å². The van der Waals surface area contributed by atoms with Crippen LogP contribution in [0.4, 0.5) is 13.2 Å². The van der Waals surface area contributed by atoms with Crippen LogP contribution < -0.4 is 5.56 Å². The van der Waals surface area contributed by atoms with E-state index < -0.39 is 24.7 Å². The Labute approximate surface area is 135 Å². The summed E-state index contributed by atoms with van der Waals surface area (Å²) in [5, 5.41) is 4.26. The van der Waals surface area contributed by atoms with Crippen molar-refractivity contribution in [2.45, 2.75) is 33.0 Å². The number of nitrogens with one attached hydrogen (secondary N) is 1. The van der Waals surface area contributed by atoms with Crippen LogP contribution in [0.3, 0.4) is 0 Å². The molecule has 1 N–H and O–H groups in total. The molecule has 3 aromatic rings. The SMILES string of the molecule is Cc1nc2c(c(CF)nn2C(C)c2ccc(C(F)F)cc2)c(=O)[nH]1. The number of H-pyrrole nitrogens is 1. The van der Waals surface area contributed by atoms with E-state index in [0.717, 1.165) is 0 Å². The Hall–Kier alpha value is -2.64. The number of fused-ring (bicyclic) bond motifs is 1. The molecule has 3 rings (SSSR count). The Morgan fingerprint density at radius 2 is 1.83 bits per heavy atom. The zero-order valence-electron chi connectivity index (χ0n) is 13.1. The Kier molecular flexibility index (Phi) is 4.13. The lowest BCUT2D eigenvalue weighted by atomic mass is 10.1. The lowest BCUT2D eigenvalue weighted by Crippen LogP contribution is -2.13. The smallest absolute Gasteiger partial charge is 0.263 e. The van der Waals surface area contributed by atoms with Gasteiger partial charge in [-0.2, -0.15) is 5.10 Å². The molecule has 5 nitrogen and oxygen atoms in total. The predicted octanol–water partition coefficient (Wildman–Crippen LogP) is 3.44. The van der Waals surface area contributed by atoms with Crippen LogP contribution in [-0.4, -0.2) is 19.7 Å². The molecule has 0 aliphatic rings. The highest BCUT2D eigenvalue weighted by Crippen LogP contribution is 2.25. The molecule has 0 saturated carbocycles. The van der Waals surface area contributed by atoms with E-state index in [4.69, 9.17) is 0 Å². The van der Waals surface area contributed by atoms with Crippen LogP contribution in [0.5, 0.6) is 0 Å². The molecule has 0 spiro atoms. The van der Waals surface area contributed by atoms with Crippen LogP contribution in [0.1, 0.15) is 42.0 Å². The maximum absolute atomic E-state index is 13.2. The Morgan fingerprint density at radius 1 is 1.21 bits per heavy atom. The van der Waals surface area contributed by atoms with Gasteiger partial charge in [0.25, 0.3) is 12.0 Å². The highest BCUT2D eigenvalue weighted by Gasteiger charge is 2.20. The van der Waals surface area contributed by atoms with Crippen LogP contribution in [0, 0.1) is 6.92 Å². The van der Waals surface area contributed by atoms with Crippen molar-refractivity contribution in [1.82, 2.24) is 19.7 Å². The zero-order valence-corrected chi connectivity index (χ0v) is 13.1. The summed E-state index contributed by atoms with van der Waals surface area (Å²) in [6.07, 6.45) is -2.54. The average Bonchev–Trinajstić information content (AvgIpc) is 2.93. The number of alkyl halides is 3. The second-order valence-corrected chi connectivity index (χ2v) is 5.52. The van der Waals surface area contributed by atoms with E-state index in [1.165, 1.54) is 16.8 Å². The monoisotopic (exact) mass is 336 g/mol. The maximum atomic E-state index is 13.2. The van der Waals surface area contributed by atoms with E-state index in [-0.39, 0.29) is 22.3 Å². The Balaban J connectivity index is 2.13. The van der Waals surface area contributed by atoms with Crippen molar-refractivity contribution >= 4 is 11.0 Å². The molecule has 0 amide bonds. The van der Waals surface area contributed by atoms with E-state index in [1.54, 1.807) is 26.0 Å². The van der Waals surface area contributed by atoms with Gasteiger partial charge in [-0.05, 0) is 19.4 Å². The molecule has 2 heterocycles. The van der Waals surface area contributed by atoms with Gasteiger partial charge in [0, 0.05) is 5.56 Å². The van der Waals surface area contributed by atoms with E-state index in [2.05, 4.69) is 15.1 Å². The number of hydrogen-bond acceptors (Lipinski definition) is 3. The fourth-order valence-electron chi connectivity index (χ4n) is 2.65. The number of benzene rings is 1. The fourth-order valence-corrected chi connectivity index (χ4v) is 2.65. The molecule has 0 radical (unpaired) electrons. The van der Waals surface area contributed by atoms with Crippen molar-refractivity contribution in [3.05, 3.63) is 57.3 Å². The third kappa shape index (κ3) is 2.68. The fraction of sp³-hybridized carbons (Fsp3) is 0.312. The molecular weight excluding hydrogens is 321 g/mol. The maximum Gasteiger partial charge on any atom is 0.263 e. The summed E-state index contributed by atoms with van der Waals surface area (Å²) in [7, 11) is 0. The van der Waals surface area contributed by atoms with Crippen molar-refractivity contribution in [2.75, 3.05) is 0 Å². The summed E-state index contributed by atoms with van der Waals surface area (Å²) < 4.78 is 40.0. The molecule has 2 aromatic heterocycles. The zero-order chi connectivity index (χ0) is 17.4.